The molecule has 0 unspecified atom stereocenters. The van der Waals surface area contributed by atoms with Gasteiger partial charge in [-0.3, -0.25) is 4.55 Å². The molecule has 12 heteroatoms. The number of carbonyl (C=O) groups is 1. The lowest BCUT2D eigenvalue weighted by atomic mass is 9.78. The van der Waals surface area contributed by atoms with E-state index in [-0.39, 0.29) is 6.54 Å². The van der Waals surface area contributed by atoms with Gasteiger partial charge in [0.2, 0.25) is 11.8 Å². The van der Waals surface area contributed by atoms with Crippen LogP contribution < -0.4 is 5.32 Å². The monoisotopic (exact) mass is 413 g/mol. The number of urea groups is 1. The summed E-state index contributed by atoms with van der Waals surface area (Å²) in [7, 11) is -4.76. The molecule has 2 atom stereocenters. The van der Waals surface area contributed by atoms with E-state index in [9.17, 15) is 13.2 Å². The Balaban J connectivity index is 1.37. The van der Waals surface area contributed by atoms with Gasteiger partial charge in [0.1, 0.15) is 6.04 Å². The van der Waals surface area contributed by atoms with E-state index in [2.05, 4.69) is 26.4 Å². The van der Waals surface area contributed by atoms with E-state index in [0.29, 0.717) is 48.1 Å². The first kappa shape index (κ1) is 19.2. The van der Waals surface area contributed by atoms with Gasteiger partial charge in [0, 0.05) is 24.7 Å². The van der Waals surface area contributed by atoms with Crippen molar-refractivity contribution in [1.29, 1.82) is 0 Å². The zero-order valence-electron chi connectivity index (χ0n) is 15.4. The summed E-state index contributed by atoms with van der Waals surface area (Å²) in [5.74, 6) is 1.34. The van der Waals surface area contributed by atoms with Gasteiger partial charge in [-0.15, -0.1) is 14.5 Å². The molecule has 154 valence electrons. The summed E-state index contributed by atoms with van der Waals surface area (Å²) in [6.07, 6.45) is 3.75. The first-order chi connectivity index (χ1) is 13.2. The van der Waals surface area contributed by atoms with E-state index in [1.807, 2.05) is 6.92 Å². The Hall–Kier alpha value is -2.18. The van der Waals surface area contributed by atoms with Crippen LogP contribution in [0.4, 0.5) is 4.79 Å². The maximum Gasteiger partial charge on any atom is 0.418 e. The quantitative estimate of drug-likeness (QED) is 0.631. The fourth-order valence-corrected chi connectivity index (χ4v) is 4.58. The number of hydrogen-bond acceptors (Lipinski definition) is 8. The highest BCUT2D eigenvalue weighted by Gasteiger charge is 2.49. The summed E-state index contributed by atoms with van der Waals surface area (Å²) in [5, 5.41) is 12.2. The van der Waals surface area contributed by atoms with E-state index < -0.39 is 28.5 Å². The average Bonchev–Trinajstić information content (AvgIpc) is 3.11. The molecule has 1 saturated carbocycles. The van der Waals surface area contributed by atoms with Crippen LogP contribution in [0.15, 0.2) is 16.7 Å². The molecule has 3 heterocycles. The molecule has 4 rings (SSSR count). The molecule has 11 nitrogen and oxygen atoms in total. The van der Waals surface area contributed by atoms with Crippen molar-refractivity contribution in [2.24, 2.45) is 5.92 Å². The molecule has 0 radical (unpaired) electrons. The van der Waals surface area contributed by atoms with Gasteiger partial charge in [-0.1, -0.05) is 6.58 Å². The second-order valence-electron chi connectivity index (χ2n) is 7.71. The number of rotatable bonds is 7. The Kier molecular flexibility index (Phi) is 4.79. The van der Waals surface area contributed by atoms with Gasteiger partial charge >= 0.3 is 16.4 Å². The minimum Gasteiger partial charge on any atom is -0.423 e. The topological polar surface area (TPSA) is 138 Å². The fraction of sp³-hybridized carbons (Fsp3) is 0.688. The molecule has 2 aliphatic heterocycles. The molecular weight excluding hydrogens is 390 g/mol. The fourth-order valence-electron chi connectivity index (χ4n) is 4.19. The highest BCUT2D eigenvalue weighted by molar-refractivity contribution is 7.80. The van der Waals surface area contributed by atoms with Crippen LogP contribution in [0.5, 0.6) is 0 Å². The Morgan fingerprint density at radius 3 is 2.82 bits per heavy atom. The largest absolute Gasteiger partial charge is 0.423 e. The normalized spacial score (nSPS) is 29.7. The summed E-state index contributed by atoms with van der Waals surface area (Å²) >= 11 is 0. The Bertz CT molecular complexity index is 880. The summed E-state index contributed by atoms with van der Waals surface area (Å²) in [5.41, 5.74) is 0.960. The maximum absolute atomic E-state index is 12.5. The molecule has 1 aromatic rings. The van der Waals surface area contributed by atoms with Crippen molar-refractivity contribution in [3.63, 3.8) is 0 Å². The number of piperidine rings is 1. The van der Waals surface area contributed by atoms with Crippen LogP contribution in [0.1, 0.15) is 50.4 Å². The highest BCUT2D eigenvalue weighted by Crippen LogP contribution is 2.38. The first-order valence-electron chi connectivity index (χ1n) is 9.21. The SMILES string of the molecule is C=C(C)NC1CC(Cc2nnc([C@@H]3CC[C@@H]4CN3C(=O)N4OS(=O)(=O)O)o2)C1. The van der Waals surface area contributed by atoms with Crippen molar-refractivity contribution in [3.05, 3.63) is 24.1 Å². The summed E-state index contributed by atoms with van der Waals surface area (Å²) in [6, 6.07) is -1.08. The molecule has 0 spiro atoms. The lowest BCUT2D eigenvalue weighted by molar-refractivity contribution is -0.0317. The first-order valence-corrected chi connectivity index (χ1v) is 10.6. The van der Waals surface area contributed by atoms with Crippen molar-refractivity contribution in [3.8, 4) is 0 Å². The van der Waals surface area contributed by atoms with E-state index >= 15 is 0 Å². The molecule has 3 fully saturated rings. The van der Waals surface area contributed by atoms with Gasteiger partial charge in [0.15, 0.2) is 0 Å². The standard InChI is InChI=1S/C16H23N5O6S/c1-9(2)17-11-5-10(6-11)7-14-18-19-15(26-14)13-4-3-12-8-20(13)16(22)21(12)27-28(23,24)25/h10-13,17H,1,3-8H2,2H3,(H,23,24,25)/t10?,11?,12-,13+/m1/s1. The minimum atomic E-state index is -4.76. The van der Waals surface area contributed by atoms with Crippen LogP contribution in [0, 0.1) is 5.92 Å². The Labute approximate surface area is 162 Å². The molecule has 0 aromatic carbocycles. The molecule has 2 saturated heterocycles. The van der Waals surface area contributed by atoms with Gasteiger partial charge in [-0.05, 0) is 38.5 Å². The highest BCUT2D eigenvalue weighted by atomic mass is 32.3. The zero-order valence-corrected chi connectivity index (χ0v) is 16.3. The van der Waals surface area contributed by atoms with Gasteiger partial charge in [0.25, 0.3) is 0 Å². The van der Waals surface area contributed by atoms with Gasteiger partial charge in [0.05, 0.1) is 6.04 Å². The van der Waals surface area contributed by atoms with E-state index in [1.165, 1.54) is 4.90 Å². The van der Waals surface area contributed by atoms with Crippen LogP contribution >= 0.6 is 0 Å². The molecule has 1 aromatic heterocycles. The number of fused-ring (bicyclic) bond motifs is 2. The Morgan fingerprint density at radius 1 is 1.39 bits per heavy atom. The van der Waals surface area contributed by atoms with Crippen molar-refractivity contribution < 1.29 is 26.5 Å². The lowest BCUT2D eigenvalue weighted by Gasteiger charge is -2.35. The third kappa shape index (κ3) is 3.84. The number of carbonyl (C=O) groups excluding carboxylic acids is 1. The van der Waals surface area contributed by atoms with Crippen LogP contribution in [0.3, 0.4) is 0 Å². The summed E-state index contributed by atoms with van der Waals surface area (Å²) in [4.78, 5) is 13.9. The summed E-state index contributed by atoms with van der Waals surface area (Å²) < 4.78 is 41.0. The Morgan fingerprint density at radius 2 is 2.14 bits per heavy atom. The van der Waals surface area contributed by atoms with Crippen molar-refractivity contribution >= 4 is 16.4 Å². The number of nitrogens with one attached hydrogen (secondary N) is 1. The van der Waals surface area contributed by atoms with Crippen LogP contribution in [0.2, 0.25) is 0 Å². The molecule has 2 bridgehead atoms. The van der Waals surface area contributed by atoms with E-state index in [0.717, 1.165) is 18.5 Å². The van der Waals surface area contributed by atoms with Crippen molar-refractivity contribution in [1.82, 2.24) is 25.5 Å². The predicted octanol–water partition coefficient (Wildman–Crippen LogP) is 1.19. The molecule has 1 aliphatic carbocycles. The van der Waals surface area contributed by atoms with Crippen molar-refractivity contribution in [2.45, 2.75) is 57.2 Å². The third-order valence-electron chi connectivity index (χ3n) is 5.41. The molecule has 28 heavy (non-hydrogen) atoms. The molecular formula is C16H23N5O6S. The average molecular weight is 413 g/mol. The number of allylic oxidation sites excluding steroid dienone is 1. The number of amides is 2. The van der Waals surface area contributed by atoms with E-state index in [1.54, 1.807) is 0 Å². The molecule has 3 aliphatic rings. The number of aromatic nitrogens is 2. The predicted molar refractivity (Wildman–Crippen MR) is 94.8 cm³/mol. The molecule has 2 amide bonds. The molecule has 2 N–H and O–H groups in total. The van der Waals surface area contributed by atoms with Gasteiger partial charge < -0.3 is 14.6 Å². The van der Waals surface area contributed by atoms with Gasteiger partial charge in [-0.25, -0.2) is 4.79 Å². The van der Waals surface area contributed by atoms with Crippen LogP contribution in [-0.2, 0) is 21.1 Å². The lowest BCUT2D eigenvalue weighted by Crippen LogP contribution is -2.40. The maximum atomic E-state index is 12.5. The van der Waals surface area contributed by atoms with Crippen LogP contribution in [-0.4, -0.2) is 57.8 Å². The third-order valence-corrected chi connectivity index (χ3v) is 5.76. The number of hydroxylamine groups is 2. The van der Waals surface area contributed by atoms with E-state index in [4.69, 9.17) is 8.97 Å². The second-order valence-corrected chi connectivity index (χ2v) is 8.71. The summed E-state index contributed by atoms with van der Waals surface area (Å²) in [6.45, 7) is 6.06. The van der Waals surface area contributed by atoms with Crippen molar-refractivity contribution in [2.75, 3.05) is 6.54 Å². The second kappa shape index (κ2) is 7.01. The number of nitrogens with zero attached hydrogens (tertiary/aromatic N) is 4. The number of hydrogen-bond donors (Lipinski definition) is 2. The van der Waals surface area contributed by atoms with Crippen LogP contribution in [0.25, 0.3) is 0 Å². The zero-order chi connectivity index (χ0) is 20.1. The smallest absolute Gasteiger partial charge is 0.418 e. The van der Waals surface area contributed by atoms with Gasteiger partial charge in [-0.2, -0.15) is 13.5 Å². The minimum absolute atomic E-state index is 0.271.